The Morgan fingerprint density at radius 2 is 1.50 bits per heavy atom. The number of piperidine rings is 1. The zero-order valence-electron chi connectivity index (χ0n) is 18.2. The number of benzene rings is 2. The van der Waals surface area contributed by atoms with Crippen molar-refractivity contribution in [1.29, 1.82) is 0 Å². The van der Waals surface area contributed by atoms with Gasteiger partial charge in [0.15, 0.2) is 9.84 Å². The Labute approximate surface area is 180 Å². The molecular weight excluding hydrogens is 398 g/mol. The lowest BCUT2D eigenvalue weighted by atomic mass is 9.76. The van der Waals surface area contributed by atoms with Gasteiger partial charge in [0.1, 0.15) is 5.60 Å². The van der Waals surface area contributed by atoms with Gasteiger partial charge < -0.3 is 9.64 Å². The lowest BCUT2D eigenvalue weighted by molar-refractivity contribution is 0.0178. The number of nitrogens with zero attached hydrogens (tertiary/aromatic N) is 1. The van der Waals surface area contributed by atoms with E-state index in [2.05, 4.69) is 12.1 Å². The summed E-state index contributed by atoms with van der Waals surface area (Å²) in [5.41, 5.74) is 1.81. The van der Waals surface area contributed by atoms with E-state index in [1.807, 2.05) is 51.1 Å². The molecule has 2 aromatic carbocycles. The van der Waals surface area contributed by atoms with Gasteiger partial charge >= 0.3 is 6.09 Å². The van der Waals surface area contributed by atoms with Gasteiger partial charge in [-0.05, 0) is 62.8 Å². The van der Waals surface area contributed by atoms with E-state index in [1.165, 1.54) is 11.8 Å². The third-order valence-electron chi connectivity index (χ3n) is 5.49. The van der Waals surface area contributed by atoms with Gasteiger partial charge in [0, 0.05) is 25.3 Å². The number of carbonyl (C=O) groups is 1. The van der Waals surface area contributed by atoms with Gasteiger partial charge in [-0.1, -0.05) is 42.5 Å². The van der Waals surface area contributed by atoms with Gasteiger partial charge in [-0.3, -0.25) is 0 Å². The van der Waals surface area contributed by atoms with Crippen molar-refractivity contribution < 1.29 is 17.9 Å². The fourth-order valence-electron chi connectivity index (χ4n) is 4.06. The van der Waals surface area contributed by atoms with E-state index < -0.39 is 15.4 Å². The van der Waals surface area contributed by atoms with Gasteiger partial charge in [0.2, 0.25) is 0 Å². The van der Waals surface area contributed by atoms with Gasteiger partial charge in [-0.15, -0.1) is 0 Å². The van der Waals surface area contributed by atoms with Crippen LogP contribution in [0.15, 0.2) is 59.5 Å². The van der Waals surface area contributed by atoms with Gasteiger partial charge in [-0.2, -0.15) is 0 Å². The number of carbonyl (C=O) groups excluding carboxylic acids is 1. The van der Waals surface area contributed by atoms with Crippen molar-refractivity contribution in [3.05, 3.63) is 65.7 Å². The average molecular weight is 430 g/mol. The van der Waals surface area contributed by atoms with Crippen LogP contribution >= 0.6 is 0 Å². The van der Waals surface area contributed by atoms with E-state index in [4.69, 9.17) is 4.74 Å². The molecule has 0 aliphatic carbocycles. The Morgan fingerprint density at radius 1 is 0.967 bits per heavy atom. The molecule has 0 N–H and O–H groups in total. The van der Waals surface area contributed by atoms with E-state index in [-0.39, 0.29) is 12.0 Å². The summed E-state index contributed by atoms with van der Waals surface area (Å²) in [5.74, 6) is 0.510. The van der Waals surface area contributed by atoms with Crippen LogP contribution in [0.4, 0.5) is 4.79 Å². The largest absolute Gasteiger partial charge is 0.444 e. The molecule has 1 aliphatic rings. The summed E-state index contributed by atoms with van der Waals surface area (Å²) in [5, 5.41) is 0. The summed E-state index contributed by atoms with van der Waals surface area (Å²) >= 11 is 0. The molecule has 1 unspecified atom stereocenters. The summed E-state index contributed by atoms with van der Waals surface area (Å²) in [4.78, 5) is 14.5. The number of ether oxygens (including phenoxy) is 1. The summed E-state index contributed by atoms with van der Waals surface area (Å²) in [6.45, 7) is 6.95. The topological polar surface area (TPSA) is 63.7 Å². The third kappa shape index (κ3) is 5.63. The Kier molecular flexibility index (Phi) is 6.56. The van der Waals surface area contributed by atoms with E-state index in [9.17, 15) is 13.2 Å². The van der Waals surface area contributed by atoms with Crippen molar-refractivity contribution >= 4 is 15.9 Å². The first-order chi connectivity index (χ1) is 14.0. The highest BCUT2D eigenvalue weighted by molar-refractivity contribution is 7.90. The zero-order valence-corrected chi connectivity index (χ0v) is 19.0. The van der Waals surface area contributed by atoms with E-state index in [0.29, 0.717) is 23.9 Å². The van der Waals surface area contributed by atoms with Crippen molar-refractivity contribution in [3.8, 4) is 0 Å². The maximum absolute atomic E-state index is 12.4. The Balaban J connectivity index is 1.81. The first-order valence-corrected chi connectivity index (χ1v) is 12.3. The molecule has 0 bridgehead atoms. The summed E-state index contributed by atoms with van der Waals surface area (Å²) < 4.78 is 29.2. The molecular formula is C24H31NO4S. The average Bonchev–Trinajstić information content (AvgIpc) is 2.68. The van der Waals surface area contributed by atoms with Gasteiger partial charge in [0.05, 0.1) is 4.90 Å². The predicted octanol–water partition coefficient (Wildman–Crippen LogP) is 4.87. The number of amides is 1. The summed E-state index contributed by atoms with van der Waals surface area (Å²) in [6, 6.07) is 17.5. The van der Waals surface area contributed by atoms with Crippen LogP contribution in [-0.2, 0) is 14.6 Å². The third-order valence-corrected chi connectivity index (χ3v) is 6.62. The van der Waals surface area contributed by atoms with E-state index in [0.717, 1.165) is 18.4 Å². The highest BCUT2D eigenvalue weighted by Gasteiger charge is 2.32. The molecule has 0 radical (unpaired) electrons. The standard InChI is InChI=1S/C24H31NO4S/c1-24(2,3)29-23(26)25-16-14-20(15-17-25)22(18-8-6-5-7-9-18)19-10-12-21(13-11-19)30(4,27)28/h5-13,20,22H,14-17H2,1-4H3. The number of hydrogen-bond donors (Lipinski definition) is 0. The molecule has 3 rings (SSSR count). The smallest absolute Gasteiger partial charge is 0.410 e. The Bertz CT molecular complexity index is 955. The second kappa shape index (κ2) is 8.80. The molecule has 162 valence electrons. The van der Waals surface area contributed by atoms with Crippen LogP contribution in [0.1, 0.15) is 50.7 Å². The monoisotopic (exact) mass is 429 g/mol. The molecule has 30 heavy (non-hydrogen) atoms. The van der Waals surface area contributed by atoms with Crippen LogP contribution in [0, 0.1) is 5.92 Å². The molecule has 1 fully saturated rings. The van der Waals surface area contributed by atoms with Crippen LogP contribution in [0.5, 0.6) is 0 Å². The van der Waals surface area contributed by atoms with Crippen LogP contribution in [0.2, 0.25) is 0 Å². The molecule has 1 saturated heterocycles. The predicted molar refractivity (Wildman–Crippen MR) is 118 cm³/mol. The van der Waals surface area contributed by atoms with Gasteiger partial charge in [0.25, 0.3) is 0 Å². The normalized spacial score (nSPS) is 16.9. The fourth-order valence-corrected chi connectivity index (χ4v) is 4.69. The quantitative estimate of drug-likeness (QED) is 0.696. The van der Waals surface area contributed by atoms with Crippen LogP contribution in [0.3, 0.4) is 0 Å². The van der Waals surface area contributed by atoms with E-state index >= 15 is 0 Å². The maximum atomic E-state index is 12.4. The molecule has 0 spiro atoms. The Morgan fingerprint density at radius 3 is 2.00 bits per heavy atom. The van der Waals surface area contributed by atoms with Crippen LogP contribution in [-0.4, -0.2) is 44.4 Å². The lowest BCUT2D eigenvalue weighted by Crippen LogP contribution is -2.42. The summed E-state index contributed by atoms with van der Waals surface area (Å²) in [7, 11) is -3.22. The fraction of sp³-hybridized carbons (Fsp3) is 0.458. The van der Waals surface area contributed by atoms with Crippen molar-refractivity contribution in [2.75, 3.05) is 19.3 Å². The molecule has 0 saturated carbocycles. The minimum atomic E-state index is -3.22. The highest BCUT2D eigenvalue weighted by atomic mass is 32.2. The molecule has 0 aromatic heterocycles. The number of likely N-dealkylation sites (tertiary alicyclic amines) is 1. The number of sulfone groups is 1. The Hall–Kier alpha value is -2.34. The lowest BCUT2D eigenvalue weighted by Gasteiger charge is -2.37. The van der Waals surface area contributed by atoms with Crippen LogP contribution < -0.4 is 0 Å². The van der Waals surface area contributed by atoms with E-state index in [1.54, 1.807) is 17.0 Å². The molecule has 1 heterocycles. The SMILES string of the molecule is CC(C)(C)OC(=O)N1CCC(C(c2ccccc2)c2ccc(S(C)(=O)=O)cc2)CC1. The molecule has 1 amide bonds. The van der Waals surface area contributed by atoms with Crippen molar-refractivity contribution in [1.82, 2.24) is 4.90 Å². The second-order valence-corrected chi connectivity index (χ2v) is 11.1. The van der Waals surface area contributed by atoms with Crippen molar-refractivity contribution in [3.63, 3.8) is 0 Å². The number of hydrogen-bond acceptors (Lipinski definition) is 4. The van der Waals surface area contributed by atoms with Gasteiger partial charge in [-0.25, -0.2) is 13.2 Å². The second-order valence-electron chi connectivity index (χ2n) is 9.03. The molecule has 6 heteroatoms. The van der Waals surface area contributed by atoms with Crippen molar-refractivity contribution in [2.24, 2.45) is 5.92 Å². The van der Waals surface area contributed by atoms with Crippen LogP contribution in [0.25, 0.3) is 0 Å². The first kappa shape index (κ1) is 22.3. The zero-order chi connectivity index (χ0) is 21.9. The molecule has 2 aromatic rings. The minimum absolute atomic E-state index is 0.153. The molecule has 1 atom stereocenters. The highest BCUT2D eigenvalue weighted by Crippen LogP contribution is 2.38. The van der Waals surface area contributed by atoms with Crippen molar-refractivity contribution in [2.45, 2.75) is 50.0 Å². The number of rotatable bonds is 4. The molecule has 5 nitrogen and oxygen atoms in total. The summed E-state index contributed by atoms with van der Waals surface area (Å²) in [6.07, 6.45) is 2.71. The first-order valence-electron chi connectivity index (χ1n) is 10.4. The molecule has 1 aliphatic heterocycles. The minimum Gasteiger partial charge on any atom is -0.444 e. The maximum Gasteiger partial charge on any atom is 0.410 e.